The number of rotatable bonds is 4. The highest BCUT2D eigenvalue weighted by atomic mass is 79.9. The van der Waals surface area contributed by atoms with Crippen LogP contribution in [0.15, 0.2) is 10.8 Å². The minimum atomic E-state index is -3.48. The van der Waals surface area contributed by atoms with Crippen LogP contribution in [0.5, 0.6) is 0 Å². The predicted molar refractivity (Wildman–Crippen MR) is 63.1 cm³/mol. The maximum atomic E-state index is 11.0. The van der Waals surface area contributed by atoms with E-state index >= 15 is 0 Å². The SMILES string of the molecule is Br.Br.COP(=O)(OC)OC=C(Cl)Cl. The molecule has 9 heteroatoms. The number of phosphoric ester groups is 1. The van der Waals surface area contributed by atoms with Gasteiger partial charge in [0.15, 0.2) is 0 Å². The van der Waals surface area contributed by atoms with Gasteiger partial charge in [-0.2, -0.15) is 0 Å². The molecule has 0 aliphatic carbocycles. The number of halogens is 4. The van der Waals surface area contributed by atoms with Gasteiger partial charge in [-0.15, -0.1) is 34.0 Å². The molecule has 13 heavy (non-hydrogen) atoms. The van der Waals surface area contributed by atoms with E-state index in [1.807, 2.05) is 0 Å². The second kappa shape index (κ2) is 9.77. The van der Waals surface area contributed by atoms with Gasteiger partial charge in [-0.05, 0) is 0 Å². The monoisotopic (exact) mass is 380 g/mol. The molecule has 0 spiro atoms. The Kier molecular flexibility index (Phi) is 14.8. The molecule has 4 nitrogen and oxygen atoms in total. The van der Waals surface area contributed by atoms with Crippen LogP contribution in [0, 0.1) is 0 Å². The van der Waals surface area contributed by atoms with Crippen molar-refractivity contribution in [1.29, 1.82) is 0 Å². The largest absolute Gasteiger partial charge is 0.529 e. The minimum absolute atomic E-state index is 0. The van der Waals surface area contributed by atoms with E-state index in [0.29, 0.717) is 0 Å². The van der Waals surface area contributed by atoms with E-state index in [4.69, 9.17) is 23.2 Å². The van der Waals surface area contributed by atoms with E-state index in [-0.39, 0.29) is 38.5 Å². The molecular formula is C4H9Br2Cl2O4P. The van der Waals surface area contributed by atoms with Crippen LogP contribution in [-0.2, 0) is 18.1 Å². The fourth-order valence-electron chi connectivity index (χ4n) is 0.265. The molecular weight excluding hydrogens is 374 g/mol. The van der Waals surface area contributed by atoms with Crippen LogP contribution in [0.2, 0.25) is 0 Å². The highest BCUT2D eigenvalue weighted by Crippen LogP contribution is 2.48. The minimum Gasteiger partial charge on any atom is -0.409 e. The average Bonchev–Trinajstić information content (AvgIpc) is 2.00. The molecule has 0 atom stereocenters. The van der Waals surface area contributed by atoms with Crippen molar-refractivity contribution in [3.8, 4) is 0 Å². The van der Waals surface area contributed by atoms with Crippen molar-refractivity contribution in [2.45, 2.75) is 0 Å². The van der Waals surface area contributed by atoms with Crippen LogP contribution in [0.3, 0.4) is 0 Å². The van der Waals surface area contributed by atoms with Crippen LogP contribution >= 0.6 is 65.0 Å². The fourth-order valence-corrected chi connectivity index (χ4v) is 1.03. The topological polar surface area (TPSA) is 44.8 Å². The molecule has 0 aromatic heterocycles. The molecule has 0 rings (SSSR count). The van der Waals surface area contributed by atoms with Gasteiger partial charge in [-0.1, -0.05) is 23.2 Å². The van der Waals surface area contributed by atoms with Crippen molar-refractivity contribution in [1.82, 2.24) is 0 Å². The first-order chi connectivity index (χ1) is 5.04. The van der Waals surface area contributed by atoms with Gasteiger partial charge in [0.25, 0.3) is 0 Å². The average molecular weight is 383 g/mol. The van der Waals surface area contributed by atoms with E-state index in [0.717, 1.165) is 6.26 Å². The Bertz CT molecular complexity index is 189. The van der Waals surface area contributed by atoms with E-state index in [2.05, 4.69) is 13.6 Å². The Morgan fingerprint density at radius 3 is 1.85 bits per heavy atom. The molecule has 0 heterocycles. The summed E-state index contributed by atoms with van der Waals surface area (Å²) in [7, 11) is -1.12. The van der Waals surface area contributed by atoms with Crippen molar-refractivity contribution in [3.63, 3.8) is 0 Å². The van der Waals surface area contributed by atoms with E-state index in [9.17, 15) is 4.57 Å². The maximum absolute atomic E-state index is 11.0. The Labute approximate surface area is 108 Å². The van der Waals surface area contributed by atoms with Crippen LogP contribution in [-0.4, -0.2) is 14.2 Å². The molecule has 82 valence electrons. The van der Waals surface area contributed by atoms with Crippen molar-refractivity contribution in [2.75, 3.05) is 14.2 Å². The fraction of sp³-hybridized carbons (Fsp3) is 0.500. The third-order valence-corrected chi connectivity index (χ3v) is 2.15. The molecule has 0 aliphatic heterocycles. The lowest BCUT2D eigenvalue weighted by Gasteiger charge is -2.10. The highest BCUT2D eigenvalue weighted by Gasteiger charge is 2.22. The normalized spacial score (nSPS) is 9.23. The van der Waals surface area contributed by atoms with E-state index in [1.54, 1.807) is 0 Å². The summed E-state index contributed by atoms with van der Waals surface area (Å²) in [4.78, 5) is 0. The first kappa shape index (κ1) is 19.7. The highest BCUT2D eigenvalue weighted by molar-refractivity contribution is 8.93. The summed E-state index contributed by atoms with van der Waals surface area (Å²) < 4.78 is 24.1. The van der Waals surface area contributed by atoms with Gasteiger partial charge in [-0.25, -0.2) is 4.57 Å². The Balaban J connectivity index is -0.000000500. The van der Waals surface area contributed by atoms with Gasteiger partial charge in [0.1, 0.15) is 10.8 Å². The first-order valence-electron chi connectivity index (χ1n) is 2.45. The number of hydrogen-bond acceptors (Lipinski definition) is 4. The van der Waals surface area contributed by atoms with Crippen LogP contribution < -0.4 is 0 Å². The van der Waals surface area contributed by atoms with Gasteiger partial charge in [0.05, 0.1) is 0 Å². The molecule has 0 fully saturated rings. The molecule has 0 saturated carbocycles. The molecule has 0 aromatic carbocycles. The zero-order valence-electron chi connectivity index (χ0n) is 6.73. The molecule has 0 aliphatic rings. The van der Waals surface area contributed by atoms with Crippen molar-refractivity contribution >= 4 is 65.0 Å². The molecule has 0 radical (unpaired) electrons. The molecule has 0 aromatic rings. The van der Waals surface area contributed by atoms with Gasteiger partial charge >= 0.3 is 7.82 Å². The third-order valence-electron chi connectivity index (χ3n) is 0.718. The molecule has 0 saturated heterocycles. The second-order valence-electron chi connectivity index (χ2n) is 1.33. The second-order valence-corrected chi connectivity index (χ2v) is 4.17. The lowest BCUT2D eigenvalue weighted by Crippen LogP contribution is -1.88. The summed E-state index contributed by atoms with van der Waals surface area (Å²) in [5, 5.41) is 0. The van der Waals surface area contributed by atoms with E-state index < -0.39 is 7.82 Å². The third kappa shape index (κ3) is 9.53. The first-order valence-corrected chi connectivity index (χ1v) is 4.67. The predicted octanol–water partition coefficient (Wildman–Crippen LogP) is 3.84. The Morgan fingerprint density at radius 1 is 1.23 bits per heavy atom. The van der Waals surface area contributed by atoms with Crippen molar-refractivity contribution < 1.29 is 18.1 Å². The molecule has 0 N–H and O–H groups in total. The van der Waals surface area contributed by atoms with Crippen molar-refractivity contribution in [3.05, 3.63) is 10.8 Å². The zero-order valence-corrected chi connectivity index (χ0v) is 12.6. The zero-order chi connectivity index (χ0) is 8.91. The van der Waals surface area contributed by atoms with Crippen LogP contribution in [0.25, 0.3) is 0 Å². The maximum Gasteiger partial charge on any atom is 0.529 e. The summed E-state index contributed by atoms with van der Waals surface area (Å²) in [5.41, 5.74) is 0. The van der Waals surface area contributed by atoms with Crippen LogP contribution in [0.4, 0.5) is 0 Å². The summed E-state index contributed by atoms with van der Waals surface area (Å²) >= 11 is 10.3. The van der Waals surface area contributed by atoms with Gasteiger partial charge in [0.2, 0.25) is 0 Å². The number of hydrogen-bond donors (Lipinski definition) is 0. The van der Waals surface area contributed by atoms with Gasteiger partial charge < -0.3 is 4.52 Å². The Hall–Kier alpha value is 1.23. The molecule has 0 amide bonds. The quantitative estimate of drug-likeness (QED) is 0.547. The van der Waals surface area contributed by atoms with Crippen LogP contribution in [0.1, 0.15) is 0 Å². The summed E-state index contributed by atoms with van der Waals surface area (Å²) in [6.45, 7) is 0. The molecule has 0 bridgehead atoms. The van der Waals surface area contributed by atoms with Gasteiger partial charge in [-0.3, -0.25) is 9.05 Å². The van der Waals surface area contributed by atoms with E-state index in [1.165, 1.54) is 14.2 Å². The lowest BCUT2D eigenvalue weighted by atomic mass is 11.2. The summed E-state index contributed by atoms with van der Waals surface area (Å²) in [6, 6.07) is 0. The Morgan fingerprint density at radius 2 is 1.62 bits per heavy atom. The lowest BCUT2D eigenvalue weighted by molar-refractivity contribution is 0.194. The standard InChI is InChI=1S/C4H7Cl2O4P.2BrH/c1-8-11(7,9-2)10-3-4(5)6;;/h3H,1-2H3;2*1H. The number of phosphoric acid groups is 1. The summed E-state index contributed by atoms with van der Waals surface area (Å²) in [6.07, 6.45) is 0.872. The smallest absolute Gasteiger partial charge is 0.409 e. The van der Waals surface area contributed by atoms with Gasteiger partial charge in [0, 0.05) is 14.2 Å². The van der Waals surface area contributed by atoms with Crippen molar-refractivity contribution in [2.24, 2.45) is 0 Å². The molecule has 0 unspecified atom stereocenters. The summed E-state index contributed by atoms with van der Waals surface area (Å²) in [5.74, 6) is 0.